The number of aliphatic imine (C=N–C) groups is 1. The highest BCUT2D eigenvalue weighted by molar-refractivity contribution is 8.18. The number of amidine groups is 1. The molecule has 0 spiro atoms. The zero-order chi connectivity index (χ0) is 24.8. The number of halogens is 1. The Bertz CT molecular complexity index is 1380. The third kappa shape index (κ3) is 6.04. The van der Waals surface area contributed by atoms with Gasteiger partial charge in [-0.3, -0.25) is 4.79 Å². The first kappa shape index (κ1) is 24.4. The Morgan fingerprint density at radius 3 is 2.71 bits per heavy atom. The average molecular weight is 504 g/mol. The molecule has 1 heterocycles. The normalized spacial score (nSPS) is 15.2. The molecule has 0 atom stereocenters. The molecule has 1 saturated heterocycles. The summed E-state index contributed by atoms with van der Waals surface area (Å²) in [6.07, 6.45) is 1.78. The van der Waals surface area contributed by atoms with Crippen LogP contribution >= 0.6 is 23.4 Å². The number of nitrogens with zero attached hydrogens (tertiary/aromatic N) is 2. The van der Waals surface area contributed by atoms with Crippen LogP contribution in [0, 0.1) is 18.3 Å². The first-order valence-electron chi connectivity index (χ1n) is 10.9. The van der Waals surface area contributed by atoms with Crippen molar-refractivity contribution in [3.05, 3.63) is 92.8 Å². The van der Waals surface area contributed by atoms with E-state index in [2.05, 4.69) is 16.4 Å². The lowest BCUT2D eigenvalue weighted by Crippen LogP contribution is -2.19. The third-order valence-corrected chi connectivity index (χ3v) is 6.44. The van der Waals surface area contributed by atoms with Crippen molar-refractivity contribution in [2.75, 3.05) is 6.61 Å². The number of thioether (sulfide) groups is 1. The van der Waals surface area contributed by atoms with E-state index in [0.717, 1.165) is 16.7 Å². The van der Waals surface area contributed by atoms with Gasteiger partial charge in [-0.2, -0.15) is 5.26 Å². The number of hydrogen-bond donors (Lipinski definition) is 1. The van der Waals surface area contributed by atoms with Gasteiger partial charge in [0.05, 0.1) is 28.8 Å². The summed E-state index contributed by atoms with van der Waals surface area (Å²) in [7, 11) is 0. The second kappa shape index (κ2) is 11.1. The van der Waals surface area contributed by atoms with Gasteiger partial charge in [0.2, 0.25) is 0 Å². The van der Waals surface area contributed by atoms with Gasteiger partial charge < -0.3 is 14.8 Å². The van der Waals surface area contributed by atoms with E-state index < -0.39 is 0 Å². The molecule has 1 aliphatic heterocycles. The molecule has 0 radical (unpaired) electrons. The van der Waals surface area contributed by atoms with Crippen LogP contribution in [0.4, 0.5) is 5.69 Å². The second-order valence-electron chi connectivity index (χ2n) is 7.61. The molecular formula is C27H22ClN3O3S. The van der Waals surface area contributed by atoms with Gasteiger partial charge in [0.15, 0.2) is 16.7 Å². The molecular weight excluding hydrogens is 482 g/mol. The van der Waals surface area contributed by atoms with E-state index in [1.807, 2.05) is 56.3 Å². The topological polar surface area (TPSA) is 83.7 Å². The lowest BCUT2D eigenvalue weighted by Gasteiger charge is -2.13. The van der Waals surface area contributed by atoms with Gasteiger partial charge in [-0.05, 0) is 73.1 Å². The van der Waals surface area contributed by atoms with Crippen molar-refractivity contribution in [3.63, 3.8) is 0 Å². The van der Waals surface area contributed by atoms with Crippen molar-refractivity contribution in [3.8, 4) is 17.6 Å². The molecule has 35 heavy (non-hydrogen) atoms. The van der Waals surface area contributed by atoms with Crippen LogP contribution in [0.15, 0.2) is 70.6 Å². The quantitative estimate of drug-likeness (QED) is 0.378. The molecule has 8 heteroatoms. The number of hydrogen-bond acceptors (Lipinski definition) is 6. The SMILES string of the molecule is CCOc1cc(/C=C2\SC(=Nc3ccc(C)c(Cl)c3)NC2=O)ccc1OCc1ccccc1C#N. The molecule has 0 saturated carbocycles. The molecule has 6 nitrogen and oxygen atoms in total. The maximum Gasteiger partial charge on any atom is 0.264 e. The zero-order valence-electron chi connectivity index (χ0n) is 19.2. The molecule has 1 aliphatic rings. The van der Waals surface area contributed by atoms with Crippen molar-refractivity contribution >= 4 is 46.2 Å². The van der Waals surface area contributed by atoms with Crippen LogP contribution in [0.25, 0.3) is 6.08 Å². The minimum absolute atomic E-state index is 0.224. The standard InChI is InChI=1S/C27H22ClN3O3S/c1-3-33-24-12-18(9-11-23(24)34-16-20-7-5-4-6-19(20)15-29)13-25-26(32)31-27(35-25)30-21-10-8-17(2)22(28)14-21/h4-14H,3,16H2,1-2H3,(H,30,31,32)/b25-13-. The van der Waals surface area contributed by atoms with Gasteiger partial charge in [-0.25, -0.2) is 4.99 Å². The van der Waals surface area contributed by atoms with E-state index in [1.165, 1.54) is 11.8 Å². The lowest BCUT2D eigenvalue weighted by atomic mass is 10.1. The fraction of sp³-hybridized carbons (Fsp3) is 0.148. The van der Waals surface area contributed by atoms with E-state index in [1.54, 1.807) is 24.3 Å². The van der Waals surface area contributed by atoms with Gasteiger partial charge in [-0.1, -0.05) is 41.9 Å². The van der Waals surface area contributed by atoms with E-state index in [9.17, 15) is 10.1 Å². The minimum Gasteiger partial charge on any atom is -0.490 e. The van der Waals surface area contributed by atoms with Crippen molar-refractivity contribution in [2.24, 2.45) is 4.99 Å². The maximum absolute atomic E-state index is 12.5. The Morgan fingerprint density at radius 2 is 1.94 bits per heavy atom. The number of ether oxygens (including phenoxy) is 2. The second-order valence-corrected chi connectivity index (χ2v) is 9.05. The molecule has 0 unspecified atom stereocenters. The van der Waals surface area contributed by atoms with Crippen LogP contribution in [0.5, 0.6) is 11.5 Å². The number of carbonyl (C=O) groups is 1. The molecule has 3 aromatic carbocycles. The van der Waals surface area contributed by atoms with E-state index >= 15 is 0 Å². The van der Waals surface area contributed by atoms with Crippen LogP contribution in [0.2, 0.25) is 5.02 Å². The van der Waals surface area contributed by atoms with Crippen LogP contribution in [0.3, 0.4) is 0 Å². The number of rotatable bonds is 7. The third-order valence-electron chi connectivity index (χ3n) is 5.12. The summed E-state index contributed by atoms with van der Waals surface area (Å²) < 4.78 is 11.7. The highest BCUT2D eigenvalue weighted by atomic mass is 35.5. The van der Waals surface area contributed by atoms with Crippen molar-refractivity contribution in [1.29, 1.82) is 5.26 Å². The molecule has 1 fully saturated rings. The summed E-state index contributed by atoms with van der Waals surface area (Å²) in [5.74, 6) is 0.894. The summed E-state index contributed by atoms with van der Waals surface area (Å²) >= 11 is 7.44. The van der Waals surface area contributed by atoms with Gasteiger partial charge in [0.1, 0.15) is 6.61 Å². The van der Waals surface area contributed by atoms with Gasteiger partial charge in [0.25, 0.3) is 5.91 Å². The average Bonchev–Trinajstić information content (AvgIpc) is 3.19. The largest absolute Gasteiger partial charge is 0.490 e. The molecule has 1 amide bonds. The maximum atomic E-state index is 12.5. The number of carbonyl (C=O) groups excluding carboxylic acids is 1. The molecule has 1 N–H and O–H groups in total. The monoisotopic (exact) mass is 503 g/mol. The molecule has 0 aromatic heterocycles. The fourth-order valence-electron chi connectivity index (χ4n) is 3.31. The number of aryl methyl sites for hydroxylation is 1. The Labute approximate surface area is 213 Å². The fourth-order valence-corrected chi connectivity index (χ4v) is 4.33. The Balaban J connectivity index is 1.52. The van der Waals surface area contributed by atoms with Crippen molar-refractivity contribution < 1.29 is 14.3 Å². The number of amides is 1. The van der Waals surface area contributed by atoms with E-state index in [4.69, 9.17) is 21.1 Å². The lowest BCUT2D eigenvalue weighted by molar-refractivity contribution is -0.115. The van der Waals surface area contributed by atoms with E-state index in [-0.39, 0.29) is 12.5 Å². The zero-order valence-corrected chi connectivity index (χ0v) is 20.7. The number of nitrogens with one attached hydrogen (secondary N) is 1. The van der Waals surface area contributed by atoms with Crippen molar-refractivity contribution in [2.45, 2.75) is 20.5 Å². The van der Waals surface area contributed by atoms with Gasteiger partial charge in [0, 0.05) is 10.6 Å². The summed E-state index contributed by atoms with van der Waals surface area (Å²) in [4.78, 5) is 17.5. The highest BCUT2D eigenvalue weighted by Gasteiger charge is 2.24. The molecule has 4 rings (SSSR count). The van der Waals surface area contributed by atoms with Gasteiger partial charge in [-0.15, -0.1) is 0 Å². The van der Waals surface area contributed by atoms with Crippen LogP contribution in [-0.2, 0) is 11.4 Å². The summed E-state index contributed by atoms with van der Waals surface area (Å²) in [6.45, 7) is 4.51. The molecule has 0 bridgehead atoms. The Hall–Kier alpha value is -3.73. The molecule has 176 valence electrons. The molecule has 0 aliphatic carbocycles. The minimum atomic E-state index is -0.224. The van der Waals surface area contributed by atoms with Crippen molar-refractivity contribution in [1.82, 2.24) is 5.32 Å². The Kier molecular flexibility index (Phi) is 7.76. The van der Waals surface area contributed by atoms with Gasteiger partial charge >= 0.3 is 0 Å². The predicted octanol–water partition coefficient (Wildman–Crippen LogP) is 6.39. The van der Waals surface area contributed by atoms with Crippen LogP contribution < -0.4 is 14.8 Å². The Morgan fingerprint density at radius 1 is 1.11 bits per heavy atom. The van der Waals surface area contributed by atoms with Crippen LogP contribution in [0.1, 0.15) is 29.2 Å². The number of nitriles is 1. The smallest absolute Gasteiger partial charge is 0.264 e. The summed E-state index contributed by atoms with van der Waals surface area (Å²) in [5.41, 5.74) is 3.79. The molecule has 3 aromatic rings. The predicted molar refractivity (Wildman–Crippen MR) is 140 cm³/mol. The first-order valence-corrected chi connectivity index (χ1v) is 12.1. The number of benzene rings is 3. The highest BCUT2D eigenvalue weighted by Crippen LogP contribution is 2.33. The van der Waals surface area contributed by atoms with E-state index in [0.29, 0.717) is 44.5 Å². The summed E-state index contributed by atoms with van der Waals surface area (Å²) in [5, 5.41) is 13.2. The van der Waals surface area contributed by atoms with Crippen LogP contribution in [-0.4, -0.2) is 17.7 Å². The summed E-state index contributed by atoms with van der Waals surface area (Å²) in [6, 6.07) is 20.5. The first-order chi connectivity index (χ1) is 17.0.